The highest BCUT2D eigenvalue weighted by Crippen LogP contribution is 2.41. The van der Waals surface area contributed by atoms with Gasteiger partial charge in [-0.15, -0.1) is 13.2 Å². The van der Waals surface area contributed by atoms with Gasteiger partial charge in [-0.2, -0.15) is 13.2 Å². The summed E-state index contributed by atoms with van der Waals surface area (Å²) in [6.45, 7) is 1.36. The van der Waals surface area contributed by atoms with E-state index >= 15 is 0 Å². The van der Waals surface area contributed by atoms with Crippen molar-refractivity contribution in [2.45, 2.75) is 25.9 Å². The van der Waals surface area contributed by atoms with Crippen molar-refractivity contribution in [2.75, 3.05) is 6.61 Å². The molecule has 0 aliphatic heterocycles. The van der Waals surface area contributed by atoms with Crippen LogP contribution in [0.3, 0.4) is 0 Å². The van der Waals surface area contributed by atoms with Gasteiger partial charge in [0.25, 0.3) is 5.88 Å². The molecule has 0 atom stereocenters. The van der Waals surface area contributed by atoms with E-state index in [1.807, 2.05) is 0 Å². The van der Waals surface area contributed by atoms with Crippen molar-refractivity contribution in [3.63, 3.8) is 0 Å². The SMILES string of the molecule is CCOC(=O)Cc1cc(C(F)(F)F)c(O)c(OC(F)(F)F)n1. The molecule has 1 N–H and O–H groups in total. The van der Waals surface area contributed by atoms with Crippen molar-refractivity contribution in [2.24, 2.45) is 0 Å². The molecule has 0 amide bonds. The van der Waals surface area contributed by atoms with Crippen LogP contribution in [0, 0.1) is 0 Å². The number of rotatable bonds is 4. The number of ether oxygens (including phenoxy) is 2. The number of aromatic hydroxyl groups is 1. The number of nitrogens with zero attached hydrogens (tertiary/aromatic N) is 1. The van der Waals surface area contributed by atoms with Crippen LogP contribution < -0.4 is 4.74 Å². The summed E-state index contributed by atoms with van der Waals surface area (Å²) < 4.78 is 82.1. The maximum Gasteiger partial charge on any atom is 0.574 e. The predicted molar refractivity (Wildman–Crippen MR) is 57.9 cm³/mol. The molecule has 0 aromatic carbocycles. The van der Waals surface area contributed by atoms with E-state index < -0.39 is 47.8 Å². The van der Waals surface area contributed by atoms with E-state index in [1.54, 1.807) is 0 Å². The lowest BCUT2D eigenvalue weighted by atomic mass is 10.1. The fourth-order valence-corrected chi connectivity index (χ4v) is 1.41. The van der Waals surface area contributed by atoms with Gasteiger partial charge in [0.05, 0.1) is 18.7 Å². The Morgan fingerprint density at radius 1 is 1.27 bits per heavy atom. The predicted octanol–water partition coefficient (Wildman–Crippen LogP) is 2.81. The van der Waals surface area contributed by atoms with E-state index in [1.165, 1.54) is 6.92 Å². The second-order valence-electron chi connectivity index (χ2n) is 3.84. The normalized spacial score (nSPS) is 12.1. The van der Waals surface area contributed by atoms with Crippen LogP contribution in [0.5, 0.6) is 11.6 Å². The van der Waals surface area contributed by atoms with E-state index in [0.717, 1.165) is 0 Å². The minimum absolute atomic E-state index is 0.0745. The van der Waals surface area contributed by atoms with Gasteiger partial charge >= 0.3 is 18.5 Å². The van der Waals surface area contributed by atoms with Gasteiger partial charge in [0, 0.05) is 0 Å². The van der Waals surface area contributed by atoms with Crippen molar-refractivity contribution in [1.82, 2.24) is 4.98 Å². The molecule has 22 heavy (non-hydrogen) atoms. The van der Waals surface area contributed by atoms with Crippen molar-refractivity contribution >= 4 is 5.97 Å². The standard InChI is InChI=1S/C11H9F6NO4/c1-2-21-7(19)4-5-3-6(10(12,13)14)8(20)9(18-5)22-11(15,16)17/h3,20H,2,4H2,1H3. The number of halogens is 6. The van der Waals surface area contributed by atoms with Crippen molar-refractivity contribution < 1.29 is 45.7 Å². The highest BCUT2D eigenvalue weighted by Gasteiger charge is 2.40. The zero-order chi connectivity index (χ0) is 17.1. The van der Waals surface area contributed by atoms with Gasteiger partial charge in [-0.25, -0.2) is 4.98 Å². The number of alkyl halides is 6. The van der Waals surface area contributed by atoms with Gasteiger partial charge in [0.1, 0.15) is 5.56 Å². The van der Waals surface area contributed by atoms with Crippen molar-refractivity contribution in [3.8, 4) is 11.6 Å². The first-order chi connectivity index (χ1) is 9.94. The number of carbonyl (C=O) groups is 1. The Labute approximate surface area is 119 Å². The molecular formula is C11H9F6NO4. The molecule has 5 nitrogen and oxygen atoms in total. The number of hydrogen-bond acceptors (Lipinski definition) is 5. The van der Waals surface area contributed by atoms with Crippen molar-refractivity contribution in [3.05, 3.63) is 17.3 Å². The molecule has 0 spiro atoms. The lowest BCUT2D eigenvalue weighted by Crippen LogP contribution is -2.20. The third-order valence-corrected chi connectivity index (χ3v) is 2.16. The zero-order valence-corrected chi connectivity index (χ0v) is 10.9. The van der Waals surface area contributed by atoms with Crippen LogP contribution >= 0.6 is 0 Å². The molecule has 1 aromatic heterocycles. The zero-order valence-electron chi connectivity index (χ0n) is 10.9. The Morgan fingerprint density at radius 2 is 1.86 bits per heavy atom. The summed E-state index contributed by atoms with van der Waals surface area (Å²) in [5.74, 6) is -4.51. The first-order valence-electron chi connectivity index (χ1n) is 5.65. The third kappa shape index (κ3) is 4.97. The largest absolute Gasteiger partial charge is 0.574 e. The average Bonchev–Trinajstić information content (AvgIpc) is 2.30. The van der Waals surface area contributed by atoms with E-state index in [9.17, 15) is 36.2 Å². The quantitative estimate of drug-likeness (QED) is 0.678. The second kappa shape index (κ2) is 6.28. The third-order valence-electron chi connectivity index (χ3n) is 2.16. The Morgan fingerprint density at radius 3 is 2.32 bits per heavy atom. The highest BCUT2D eigenvalue weighted by molar-refractivity contribution is 5.72. The number of aromatic nitrogens is 1. The molecule has 0 saturated carbocycles. The summed E-state index contributed by atoms with van der Waals surface area (Å²) in [5, 5.41) is 9.23. The van der Waals surface area contributed by atoms with Gasteiger partial charge in [0.2, 0.25) is 0 Å². The summed E-state index contributed by atoms with van der Waals surface area (Å²) in [7, 11) is 0. The van der Waals surface area contributed by atoms with Crippen LogP contribution in [-0.2, 0) is 22.1 Å². The summed E-state index contributed by atoms with van der Waals surface area (Å²) >= 11 is 0. The van der Waals surface area contributed by atoms with Gasteiger partial charge in [-0.1, -0.05) is 0 Å². The Kier molecular flexibility index (Phi) is 5.09. The molecule has 0 aliphatic carbocycles. The first-order valence-corrected chi connectivity index (χ1v) is 5.65. The Hall–Kier alpha value is -2.20. The summed E-state index contributed by atoms with van der Waals surface area (Å²) in [4.78, 5) is 14.2. The molecule has 0 fully saturated rings. The lowest BCUT2D eigenvalue weighted by Gasteiger charge is -2.15. The molecule has 0 aliphatic rings. The van der Waals surface area contributed by atoms with E-state index in [4.69, 9.17) is 0 Å². The lowest BCUT2D eigenvalue weighted by molar-refractivity contribution is -0.276. The van der Waals surface area contributed by atoms with Gasteiger partial charge in [-0.05, 0) is 13.0 Å². The molecular weight excluding hydrogens is 324 g/mol. The maximum absolute atomic E-state index is 12.7. The number of hydrogen-bond donors (Lipinski definition) is 1. The van der Waals surface area contributed by atoms with E-state index in [-0.39, 0.29) is 12.7 Å². The Balaban J connectivity index is 3.29. The average molecular weight is 333 g/mol. The number of pyridine rings is 1. The fourth-order valence-electron chi connectivity index (χ4n) is 1.41. The summed E-state index contributed by atoms with van der Waals surface area (Å²) in [6.07, 6.45) is -11.3. The molecule has 1 heterocycles. The molecule has 124 valence electrons. The summed E-state index contributed by atoms with van der Waals surface area (Å²) in [5.41, 5.74) is -2.50. The van der Waals surface area contributed by atoms with E-state index in [2.05, 4.69) is 14.5 Å². The molecule has 0 radical (unpaired) electrons. The minimum Gasteiger partial charge on any atom is -0.503 e. The first kappa shape index (κ1) is 17.9. The highest BCUT2D eigenvalue weighted by atomic mass is 19.4. The van der Waals surface area contributed by atoms with Crippen LogP contribution in [0.2, 0.25) is 0 Å². The number of esters is 1. The summed E-state index contributed by atoms with van der Waals surface area (Å²) in [6, 6.07) is 0.246. The molecule has 1 rings (SSSR count). The fraction of sp³-hybridized carbons (Fsp3) is 0.455. The van der Waals surface area contributed by atoms with Gasteiger partial charge in [-0.3, -0.25) is 4.79 Å². The van der Waals surface area contributed by atoms with Crippen LogP contribution in [0.1, 0.15) is 18.2 Å². The van der Waals surface area contributed by atoms with Crippen LogP contribution in [0.4, 0.5) is 26.3 Å². The van der Waals surface area contributed by atoms with Gasteiger partial charge in [0.15, 0.2) is 5.75 Å². The van der Waals surface area contributed by atoms with Crippen molar-refractivity contribution in [1.29, 1.82) is 0 Å². The molecule has 0 saturated heterocycles. The number of carbonyl (C=O) groups excluding carboxylic acids is 1. The molecule has 0 unspecified atom stereocenters. The maximum atomic E-state index is 12.7. The minimum atomic E-state index is -5.37. The topological polar surface area (TPSA) is 68.7 Å². The van der Waals surface area contributed by atoms with Crippen LogP contribution in [-0.4, -0.2) is 29.0 Å². The van der Waals surface area contributed by atoms with Crippen LogP contribution in [0.25, 0.3) is 0 Å². The monoisotopic (exact) mass is 333 g/mol. The smallest absolute Gasteiger partial charge is 0.503 e. The molecule has 0 bridgehead atoms. The van der Waals surface area contributed by atoms with E-state index in [0.29, 0.717) is 0 Å². The Bertz CT molecular complexity index is 555. The molecule has 1 aromatic rings. The van der Waals surface area contributed by atoms with Gasteiger partial charge < -0.3 is 14.6 Å². The van der Waals surface area contributed by atoms with Crippen LogP contribution in [0.15, 0.2) is 6.07 Å². The molecule has 11 heteroatoms. The second-order valence-corrected chi connectivity index (χ2v) is 3.84.